The molecule has 27 heavy (non-hydrogen) atoms. The molecular formula is C19H19FN2O4S. The van der Waals surface area contributed by atoms with Gasteiger partial charge in [0.25, 0.3) is 0 Å². The number of hydrogen-bond donors (Lipinski definition) is 1. The molecule has 0 aliphatic heterocycles. The maximum Gasteiger partial charge on any atom is 0.240 e. The molecule has 0 saturated carbocycles. The molecule has 3 rings (SSSR count). The van der Waals surface area contributed by atoms with E-state index >= 15 is 0 Å². The number of ether oxygens (including phenoxy) is 1. The zero-order valence-corrected chi connectivity index (χ0v) is 15.7. The molecular weight excluding hydrogens is 371 g/mol. The molecule has 0 radical (unpaired) electrons. The van der Waals surface area contributed by atoms with Crippen molar-refractivity contribution in [3.05, 3.63) is 65.8 Å². The first-order valence-electron chi connectivity index (χ1n) is 8.25. The van der Waals surface area contributed by atoms with E-state index in [1.807, 2.05) is 24.3 Å². The standard InChI is InChI=1S/C19H19FN2O4S/c1-13-18(22-19(26-13)14-3-7-16(25-2)8-4-14)11-12-21-27(23,24)17-9-5-15(20)6-10-17/h3-10,21H,11-12H2,1-2H3. The summed E-state index contributed by atoms with van der Waals surface area (Å²) in [7, 11) is -2.11. The summed E-state index contributed by atoms with van der Waals surface area (Å²) in [5.41, 5.74) is 1.47. The van der Waals surface area contributed by atoms with E-state index in [9.17, 15) is 12.8 Å². The van der Waals surface area contributed by atoms with E-state index in [2.05, 4.69) is 9.71 Å². The number of oxazole rings is 1. The summed E-state index contributed by atoms with van der Waals surface area (Å²) in [4.78, 5) is 4.46. The lowest BCUT2D eigenvalue weighted by atomic mass is 10.2. The first kappa shape index (κ1) is 19.1. The number of nitrogens with zero attached hydrogens (tertiary/aromatic N) is 1. The lowest BCUT2D eigenvalue weighted by Crippen LogP contribution is -2.26. The first-order valence-corrected chi connectivity index (χ1v) is 9.73. The molecule has 0 amide bonds. The number of methoxy groups -OCH3 is 1. The van der Waals surface area contributed by atoms with Crippen molar-refractivity contribution in [3.8, 4) is 17.2 Å². The van der Waals surface area contributed by atoms with Gasteiger partial charge in [-0.25, -0.2) is 22.5 Å². The van der Waals surface area contributed by atoms with Gasteiger partial charge in [0.1, 0.15) is 17.3 Å². The van der Waals surface area contributed by atoms with Gasteiger partial charge in [0.05, 0.1) is 17.7 Å². The number of hydrogen-bond acceptors (Lipinski definition) is 5. The van der Waals surface area contributed by atoms with Crippen LogP contribution in [-0.2, 0) is 16.4 Å². The predicted octanol–water partition coefficient (Wildman–Crippen LogP) is 3.32. The van der Waals surface area contributed by atoms with Gasteiger partial charge < -0.3 is 9.15 Å². The van der Waals surface area contributed by atoms with Crippen molar-refractivity contribution >= 4 is 10.0 Å². The fourth-order valence-corrected chi connectivity index (χ4v) is 3.55. The van der Waals surface area contributed by atoms with E-state index in [0.29, 0.717) is 23.8 Å². The molecule has 0 saturated heterocycles. The van der Waals surface area contributed by atoms with Crippen LogP contribution >= 0.6 is 0 Å². The first-order chi connectivity index (χ1) is 12.9. The highest BCUT2D eigenvalue weighted by molar-refractivity contribution is 7.89. The Morgan fingerprint density at radius 2 is 1.78 bits per heavy atom. The molecule has 1 aromatic heterocycles. The summed E-state index contributed by atoms with van der Waals surface area (Å²) in [6, 6.07) is 12.0. The average molecular weight is 390 g/mol. The summed E-state index contributed by atoms with van der Waals surface area (Å²) in [5.74, 6) is 1.34. The topological polar surface area (TPSA) is 81.4 Å². The van der Waals surface area contributed by atoms with E-state index in [1.165, 1.54) is 12.1 Å². The Labute approximate surface area is 157 Å². The van der Waals surface area contributed by atoms with Crippen LogP contribution in [0.3, 0.4) is 0 Å². The van der Waals surface area contributed by atoms with E-state index in [0.717, 1.165) is 23.4 Å². The minimum absolute atomic E-state index is 0.0136. The van der Waals surface area contributed by atoms with Crippen LogP contribution in [0.1, 0.15) is 11.5 Å². The quantitative estimate of drug-likeness (QED) is 0.669. The molecule has 0 unspecified atom stereocenters. The molecule has 0 spiro atoms. The summed E-state index contributed by atoms with van der Waals surface area (Å²) < 4.78 is 50.7. The largest absolute Gasteiger partial charge is 0.497 e. The highest BCUT2D eigenvalue weighted by Crippen LogP contribution is 2.24. The van der Waals surface area contributed by atoms with Gasteiger partial charge >= 0.3 is 0 Å². The maximum absolute atomic E-state index is 12.9. The highest BCUT2D eigenvalue weighted by Gasteiger charge is 2.16. The third-order valence-electron chi connectivity index (χ3n) is 4.01. The molecule has 0 bridgehead atoms. The summed E-state index contributed by atoms with van der Waals surface area (Å²) >= 11 is 0. The zero-order valence-electron chi connectivity index (χ0n) is 14.9. The lowest BCUT2D eigenvalue weighted by Gasteiger charge is -2.05. The highest BCUT2D eigenvalue weighted by atomic mass is 32.2. The Balaban J connectivity index is 1.66. The number of benzene rings is 2. The Morgan fingerprint density at radius 1 is 1.11 bits per heavy atom. The molecule has 1 heterocycles. The van der Waals surface area contributed by atoms with Crippen LogP contribution < -0.4 is 9.46 Å². The maximum atomic E-state index is 12.9. The summed E-state index contributed by atoms with van der Waals surface area (Å²) in [5, 5.41) is 0. The van der Waals surface area contributed by atoms with Gasteiger partial charge in [-0.05, 0) is 55.5 Å². The molecule has 3 aromatic rings. The van der Waals surface area contributed by atoms with Gasteiger partial charge in [-0.2, -0.15) is 0 Å². The van der Waals surface area contributed by atoms with Gasteiger partial charge in [0, 0.05) is 18.5 Å². The summed E-state index contributed by atoms with van der Waals surface area (Å²) in [6.45, 7) is 1.93. The monoisotopic (exact) mass is 390 g/mol. The van der Waals surface area contributed by atoms with Gasteiger partial charge in [0.2, 0.25) is 15.9 Å². The van der Waals surface area contributed by atoms with Crippen LogP contribution in [0.4, 0.5) is 4.39 Å². The Hall–Kier alpha value is -2.71. The molecule has 0 atom stereocenters. The van der Waals surface area contributed by atoms with Crippen LogP contribution in [0, 0.1) is 12.7 Å². The number of aromatic nitrogens is 1. The van der Waals surface area contributed by atoms with Crippen molar-refractivity contribution < 1.29 is 22.0 Å². The number of sulfonamides is 1. The van der Waals surface area contributed by atoms with Crippen molar-refractivity contribution in [2.24, 2.45) is 0 Å². The van der Waals surface area contributed by atoms with Crippen molar-refractivity contribution in [3.63, 3.8) is 0 Å². The second-order valence-electron chi connectivity index (χ2n) is 5.85. The molecule has 8 heteroatoms. The SMILES string of the molecule is COc1ccc(-c2nc(CCNS(=O)(=O)c3ccc(F)cc3)c(C)o2)cc1. The van der Waals surface area contributed by atoms with Crippen LogP contribution in [-0.4, -0.2) is 27.1 Å². The molecule has 0 aliphatic carbocycles. The lowest BCUT2D eigenvalue weighted by molar-refractivity contribution is 0.415. The second kappa shape index (κ2) is 7.89. The van der Waals surface area contributed by atoms with Gasteiger partial charge in [-0.15, -0.1) is 0 Å². The van der Waals surface area contributed by atoms with Gasteiger partial charge in [0.15, 0.2) is 0 Å². The molecule has 142 valence electrons. The minimum atomic E-state index is -3.70. The Morgan fingerprint density at radius 3 is 2.41 bits per heavy atom. The normalized spacial score (nSPS) is 11.5. The fraction of sp³-hybridized carbons (Fsp3) is 0.211. The molecule has 0 aliphatic rings. The predicted molar refractivity (Wildman–Crippen MR) is 98.5 cm³/mol. The van der Waals surface area contributed by atoms with Crippen molar-refractivity contribution in [1.82, 2.24) is 9.71 Å². The Bertz CT molecular complexity index is 1010. The third-order valence-corrected chi connectivity index (χ3v) is 5.48. The number of nitrogens with one attached hydrogen (secondary N) is 1. The smallest absolute Gasteiger partial charge is 0.240 e. The van der Waals surface area contributed by atoms with Gasteiger partial charge in [-0.3, -0.25) is 0 Å². The average Bonchev–Trinajstić information content (AvgIpc) is 3.03. The van der Waals surface area contributed by atoms with Crippen molar-refractivity contribution in [1.29, 1.82) is 0 Å². The van der Waals surface area contributed by atoms with E-state index < -0.39 is 15.8 Å². The van der Waals surface area contributed by atoms with Crippen LogP contribution in [0.5, 0.6) is 5.75 Å². The van der Waals surface area contributed by atoms with Crippen LogP contribution in [0.2, 0.25) is 0 Å². The molecule has 2 aromatic carbocycles. The summed E-state index contributed by atoms with van der Waals surface area (Å²) in [6.07, 6.45) is 0.367. The minimum Gasteiger partial charge on any atom is -0.497 e. The number of rotatable bonds is 7. The number of aryl methyl sites for hydroxylation is 1. The van der Waals surface area contributed by atoms with Crippen molar-refractivity contribution in [2.45, 2.75) is 18.2 Å². The second-order valence-corrected chi connectivity index (χ2v) is 7.62. The van der Waals surface area contributed by atoms with Crippen LogP contribution in [0.25, 0.3) is 11.5 Å². The Kier molecular flexibility index (Phi) is 5.57. The third kappa shape index (κ3) is 4.53. The molecule has 0 fully saturated rings. The molecule has 6 nitrogen and oxygen atoms in total. The van der Waals surface area contributed by atoms with Crippen molar-refractivity contribution in [2.75, 3.05) is 13.7 Å². The van der Waals surface area contributed by atoms with E-state index in [-0.39, 0.29) is 11.4 Å². The fourth-order valence-electron chi connectivity index (χ4n) is 2.52. The zero-order chi connectivity index (χ0) is 19.4. The van der Waals surface area contributed by atoms with Crippen LogP contribution in [0.15, 0.2) is 57.8 Å². The molecule has 1 N–H and O–H groups in total. The van der Waals surface area contributed by atoms with E-state index in [4.69, 9.17) is 9.15 Å². The van der Waals surface area contributed by atoms with E-state index in [1.54, 1.807) is 14.0 Å². The van der Waals surface area contributed by atoms with Gasteiger partial charge in [-0.1, -0.05) is 0 Å². The number of halogens is 1.